The number of para-hydroxylation sites is 1. The SMILES string of the molecule is CCn1c(C(C)N(CCOC)C(=O)NCc2ccccc2)nc2ccccc2c1=O. The summed E-state index contributed by atoms with van der Waals surface area (Å²) in [4.78, 5) is 32.4. The molecule has 0 saturated carbocycles. The van der Waals surface area contributed by atoms with E-state index in [1.807, 2.05) is 62.4 Å². The molecule has 0 spiro atoms. The average Bonchev–Trinajstić information content (AvgIpc) is 2.78. The van der Waals surface area contributed by atoms with E-state index in [9.17, 15) is 9.59 Å². The summed E-state index contributed by atoms with van der Waals surface area (Å²) in [6, 6.07) is 16.4. The van der Waals surface area contributed by atoms with Gasteiger partial charge in [0.15, 0.2) is 0 Å². The number of amides is 2. The fraction of sp³-hybridized carbons (Fsp3) is 0.348. The van der Waals surface area contributed by atoms with Gasteiger partial charge in [0.1, 0.15) is 5.82 Å². The second-order valence-electron chi connectivity index (χ2n) is 7.04. The molecule has 0 saturated heterocycles. The molecule has 3 aromatic rings. The van der Waals surface area contributed by atoms with E-state index in [-0.39, 0.29) is 11.6 Å². The minimum atomic E-state index is -0.409. The molecule has 1 unspecified atom stereocenters. The standard InChI is InChI=1S/C23H28N4O3/c1-4-26-21(25-20-13-9-8-12-19(20)22(26)28)17(2)27(14-15-30-3)23(29)24-16-18-10-6-5-7-11-18/h5-13,17H,4,14-16H2,1-3H3,(H,24,29). The number of carbonyl (C=O) groups is 1. The second kappa shape index (κ2) is 10.0. The van der Waals surface area contributed by atoms with Crippen LogP contribution < -0.4 is 10.9 Å². The predicted molar refractivity (Wildman–Crippen MR) is 117 cm³/mol. The van der Waals surface area contributed by atoms with E-state index in [2.05, 4.69) is 5.32 Å². The number of nitrogens with zero attached hydrogens (tertiary/aromatic N) is 3. The van der Waals surface area contributed by atoms with Gasteiger partial charge in [0, 0.05) is 26.7 Å². The maximum absolute atomic E-state index is 13.0. The minimum absolute atomic E-state index is 0.0960. The summed E-state index contributed by atoms with van der Waals surface area (Å²) in [7, 11) is 1.60. The Morgan fingerprint density at radius 2 is 1.87 bits per heavy atom. The quantitative estimate of drug-likeness (QED) is 0.620. The Labute approximate surface area is 176 Å². The highest BCUT2D eigenvalue weighted by Gasteiger charge is 2.25. The number of fused-ring (bicyclic) bond motifs is 1. The van der Waals surface area contributed by atoms with Crippen LogP contribution in [0.2, 0.25) is 0 Å². The van der Waals surface area contributed by atoms with Crippen molar-refractivity contribution in [3.05, 3.63) is 76.3 Å². The Bertz CT molecular complexity index is 1050. The molecule has 0 aliphatic rings. The van der Waals surface area contributed by atoms with E-state index in [4.69, 9.17) is 9.72 Å². The van der Waals surface area contributed by atoms with Crippen LogP contribution in [0.5, 0.6) is 0 Å². The van der Waals surface area contributed by atoms with Crippen molar-refractivity contribution >= 4 is 16.9 Å². The number of nitrogens with one attached hydrogen (secondary N) is 1. The Kier molecular flexibility index (Phi) is 7.19. The zero-order chi connectivity index (χ0) is 21.5. The Hall–Kier alpha value is -3.19. The number of hydrogen-bond acceptors (Lipinski definition) is 4. The van der Waals surface area contributed by atoms with Crippen LogP contribution in [0.25, 0.3) is 10.9 Å². The van der Waals surface area contributed by atoms with Crippen LogP contribution in [0, 0.1) is 0 Å². The highest BCUT2D eigenvalue weighted by Crippen LogP contribution is 2.20. The van der Waals surface area contributed by atoms with Crippen molar-refractivity contribution in [3.63, 3.8) is 0 Å². The van der Waals surface area contributed by atoms with E-state index < -0.39 is 6.04 Å². The fourth-order valence-electron chi connectivity index (χ4n) is 3.48. The molecule has 0 fully saturated rings. The number of hydrogen-bond donors (Lipinski definition) is 1. The Morgan fingerprint density at radius 3 is 2.57 bits per heavy atom. The normalized spacial score (nSPS) is 12.0. The summed E-state index contributed by atoms with van der Waals surface area (Å²) < 4.78 is 6.85. The predicted octanol–water partition coefficient (Wildman–Crippen LogP) is 3.34. The van der Waals surface area contributed by atoms with Crippen molar-refractivity contribution in [1.29, 1.82) is 0 Å². The van der Waals surface area contributed by atoms with Gasteiger partial charge in [-0.2, -0.15) is 0 Å². The van der Waals surface area contributed by atoms with Crippen molar-refractivity contribution in [1.82, 2.24) is 19.8 Å². The average molecular weight is 409 g/mol. The van der Waals surface area contributed by atoms with Crippen LogP contribution in [0.15, 0.2) is 59.4 Å². The lowest BCUT2D eigenvalue weighted by Crippen LogP contribution is -2.44. The lowest BCUT2D eigenvalue weighted by atomic mass is 10.2. The molecule has 0 aliphatic carbocycles. The van der Waals surface area contributed by atoms with Crippen molar-refractivity contribution < 1.29 is 9.53 Å². The number of ether oxygens (including phenoxy) is 1. The largest absolute Gasteiger partial charge is 0.383 e. The Balaban J connectivity index is 1.91. The molecular formula is C23H28N4O3. The van der Waals surface area contributed by atoms with Crippen LogP contribution >= 0.6 is 0 Å². The Morgan fingerprint density at radius 1 is 1.17 bits per heavy atom. The van der Waals surface area contributed by atoms with Crippen LogP contribution in [-0.4, -0.2) is 40.7 Å². The molecule has 1 heterocycles. The van der Waals surface area contributed by atoms with Gasteiger partial charge >= 0.3 is 6.03 Å². The van der Waals surface area contributed by atoms with Gasteiger partial charge in [0.2, 0.25) is 0 Å². The molecule has 158 valence electrons. The molecule has 2 amide bonds. The molecule has 0 aliphatic heterocycles. The first-order valence-corrected chi connectivity index (χ1v) is 10.1. The highest BCUT2D eigenvalue weighted by atomic mass is 16.5. The number of carbonyl (C=O) groups excluding carboxylic acids is 1. The maximum Gasteiger partial charge on any atom is 0.318 e. The van der Waals surface area contributed by atoms with Gasteiger partial charge in [-0.25, -0.2) is 9.78 Å². The number of rotatable bonds is 8. The van der Waals surface area contributed by atoms with E-state index in [1.54, 1.807) is 22.6 Å². The molecule has 1 atom stereocenters. The highest BCUT2D eigenvalue weighted by molar-refractivity contribution is 5.78. The van der Waals surface area contributed by atoms with Crippen molar-refractivity contribution in [3.8, 4) is 0 Å². The van der Waals surface area contributed by atoms with Gasteiger partial charge in [-0.05, 0) is 31.5 Å². The third-order valence-electron chi connectivity index (χ3n) is 5.13. The van der Waals surface area contributed by atoms with Crippen LogP contribution in [0.3, 0.4) is 0 Å². The second-order valence-corrected chi connectivity index (χ2v) is 7.04. The molecule has 1 aromatic heterocycles. The van der Waals surface area contributed by atoms with Gasteiger partial charge in [-0.1, -0.05) is 42.5 Å². The van der Waals surface area contributed by atoms with Gasteiger partial charge in [0.25, 0.3) is 5.56 Å². The first-order valence-electron chi connectivity index (χ1n) is 10.1. The smallest absolute Gasteiger partial charge is 0.318 e. The summed E-state index contributed by atoms with van der Waals surface area (Å²) in [5.74, 6) is 0.562. The first kappa shape index (κ1) is 21.5. The van der Waals surface area contributed by atoms with E-state index in [0.717, 1.165) is 5.56 Å². The van der Waals surface area contributed by atoms with Crippen molar-refractivity contribution in [2.24, 2.45) is 0 Å². The van der Waals surface area contributed by atoms with Crippen molar-refractivity contribution in [2.75, 3.05) is 20.3 Å². The summed E-state index contributed by atoms with van der Waals surface area (Å²) in [6.07, 6.45) is 0. The van der Waals surface area contributed by atoms with Crippen LogP contribution in [-0.2, 0) is 17.8 Å². The molecule has 2 aromatic carbocycles. The van der Waals surface area contributed by atoms with Gasteiger partial charge in [-0.3, -0.25) is 9.36 Å². The monoisotopic (exact) mass is 408 g/mol. The summed E-state index contributed by atoms with van der Waals surface area (Å²) in [5, 5.41) is 3.54. The summed E-state index contributed by atoms with van der Waals surface area (Å²) in [6.45, 7) is 5.45. The molecule has 30 heavy (non-hydrogen) atoms. The molecule has 7 heteroatoms. The number of benzene rings is 2. The topological polar surface area (TPSA) is 76.5 Å². The molecule has 1 N–H and O–H groups in total. The lowest BCUT2D eigenvalue weighted by Gasteiger charge is -2.30. The third kappa shape index (κ3) is 4.68. The van der Waals surface area contributed by atoms with Crippen molar-refractivity contribution in [2.45, 2.75) is 33.0 Å². The lowest BCUT2D eigenvalue weighted by molar-refractivity contribution is 0.129. The zero-order valence-corrected chi connectivity index (χ0v) is 17.7. The van der Waals surface area contributed by atoms with Crippen LogP contribution in [0.4, 0.5) is 4.79 Å². The zero-order valence-electron chi connectivity index (χ0n) is 17.7. The summed E-state index contributed by atoms with van der Waals surface area (Å²) >= 11 is 0. The molecule has 3 rings (SSSR count). The van der Waals surface area contributed by atoms with E-state index >= 15 is 0 Å². The van der Waals surface area contributed by atoms with Gasteiger partial charge < -0.3 is 15.0 Å². The third-order valence-corrected chi connectivity index (χ3v) is 5.13. The van der Waals surface area contributed by atoms with Gasteiger partial charge in [0.05, 0.1) is 23.6 Å². The number of methoxy groups -OCH3 is 1. The summed E-state index contributed by atoms with van der Waals surface area (Å²) in [5.41, 5.74) is 1.55. The molecule has 0 radical (unpaired) electrons. The van der Waals surface area contributed by atoms with E-state index in [1.165, 1.54) is 0 Å². The van der Waals surface area contributed by atoms with Gasteiger partial charge in [-0.15, -0.1) is 0 Å². The molecular weight excluding hydrogens is 380 g/mol. The number of urea groups is 1. The maximum atomic E-state index is 13.0. The fourth-order valence-corrected chi connectivity index (χ4v) is 3.48. The minimum Gasteiger partial charge on any atom is -0.383 e. The van der Waals surface area contributed by atoms with E-state index in [0.29, 0.717) is 43.0 Å². The first-order chi connectivity index (χ1) is 14.6. The van der Waals surface area contributed by atoms with Crippen LogP contribution in [0.1, 0.15) is 31.3 Å². The molecule has 7 nitrogen and oxygen atoms in total. The molecule has 0 bridgehead atoms. The number of aromatic nitrogens is 2.